The van der Waals surface area contributed by atoms with Gasteiger partial charge in [-0.3, -0.25) is 4.90 Å². The highest BCUT2D eigenvalue weighted by atomic mass is 16.5. The Hall–Kier alpha value is -1.63. The minimum atomic E-state index is -0.0105. The number of carbonyl (C=O) groups is 1. The van der Waals surface area contributed by atoms with Gasteiger partial charge >= 0.3 is 6.03 Å². The Morgan fingerprint density at radius 2 is 1.68 bits per heavy atom. The van der Waals surface area contributed by atoms with Gasteiger partial charge in [0.25, 0.3) is 0 Å². The molecule has 2 aliphatic heterocycles. The first-order chi connectivity index (χ1) is 13.4. The zero-order chi connectivity index (χ0) is 20.0. The number of urea groups is 1. The fourth-order valence-electron chi connectivity index (χ4n) is 3.77. The molecule has 0 aliphatic carbocycles. The van der Waals surface area contributed by atoms with Crippen molar-refractivity contribution in [3.05, 3.63) is 29.8 Å². The van der Waals surface area contributed by atoms with Crippen LogP contribution in [0.3, 0.4) is 0 Å². The van der Waals surface area contributed by atoms with Crippen molar-refractivity contribution in [3.8, 4) is 0 Å². The van der Waals surface area contributed by atoms with E-state index < -0.39 is 0 Å². The number of ether oxygens (including phenoxy) is 2. The fraction of sp³-hybridized carbons (Fsp3) is 0.682. The standard InChI is InChI=1S/C22H35N3O3/c1-22(2,3)18-4-6-19(7-5-18)23-21(26)25(20-8-14-27-15-9-20)11-10-24-12-16-28-17-13-24/h4-7,20H,8-17H2,1-3H3,(H,23,26). The Balaban J connectivity index is 1.63. The number of hydrogen-bond acceptors (Lipinski definition) is 4. The van der Waals surface area contributed by atoms with Gasteiger partial charge in [0.05, 0.1) is 13.2 Å². The first kappa shape index (κ1) is 21.1. The molecule has 1 aromatic rings. The lowest BCUT2D eigenvalue weighted by Gasteiger charge is -2.36. The fourth-order valence-corrected chi connectivity index (χ4v) is 3.77. The number of carbonyl (C=O) groups excluding carboxylic acids is 1. The molecule has 6 nitrogen and oxygen atoms in total. The summed E-state index contributed by atoms with van der Waals surface area (Å²) in [6, 6.07) is 8.43. The zero-order valence-corrected chi connectivity index (χ0v) is 17.6. The number of nitrogens with zero attached hydrogens (tertiary/aromatic N) is 2. The molecular weight excluding hydrogens is 354 g/mol. The van der Waals surface area contributed by atoms with Gasteiger partial charge in [0.2, 0.25) is 0 Å². The SMILES string of the molecule is CC(C)(C)c1ccc(NC(=O)N(CCN2CCOCC2)C2CCOCC2)cc1. The molecule has 2 aliphatic rings. The van der Waals surface area contributed by atoms with Gasteiger partial charge in [-0.15, -0.1) is 0 Å². The quantitative estimate of drug-likeness (QED) is 0.839. The van der Waals surface area contributed by atoms with E-state index in [0.717, 1.165) is 71.1 Å². The highest BCUT2D eigenvalue weighted by Gasteiger charge is 2.26. The maximum Gasteiger partial charge on any atom is 0.322 e. The van der Waals surface area contributed by atoms with Gasteiger partial charge in [-0.25, -0.2) is 4.79 Å². The highest BCUT2D eigenvalue weighted by molar-refractivity contribution is 5.89. The van der Waals surface area contributed by atoms with Crippen molar-refractivity contribution in [1.82, 2.24) is 9.80 Å². The van der Waals surface area contributed by atoms with Crippen molar-refractivity contribution in [3.63, 3.8) is 0 Å². The second kappa shape index (κ2) is 9.72. The van der Waals surface area contributed by atoms with Crippen LogP contribution >= 0.6 is 0 Å². The van der Waals surface area contributed by atoms with Crippen molar-refractivity contribution in [1.29, 1.82) is 0 Å². The number of nitrogens with one attached hydrogen (secondary N) is 1. The minimum Gasteiger partial charge on any atom is -0.381 e. The van der Waals surface area contributed by atoms with Gasteiger partial charge in [0.1, 0.15) is 0 Å². The van der Waals surface area contributed by atoms with Crippen LogP contribution in [-0.4, -0.2) is 74.5 Å². The molecule has 0 spiro atoms. The maximum atomic E-state index is 13.1. The summed E-state index contributed by atoms with van der Waals surface area (Å²) >= 11 is 0. The number of benzene rings is 1. The van der Waals surface area contributed by atoms with Crippen LogP contribution in [0.25, 0.3) is 0 Å². The Kier molecular flexibility index (Phi) is 7.32. The summed E-state index contributed by atoms with van der Waals surface area (Å²) < 4.78 is 10.9. The number of amides is 2. The van der Waals surface area contributed by atoms with Gasteiger partial charge in [0.15, 0.2) is 0 Å². The van der Waals surface area contributed by atoms with Crippen molar-refractivity contribution >= 4 is 11.7 Å². The van der Waals surface area contributed by atoms with Crippen molar-refractivity contribution in [2.75, 3.05) is 57.9 Å². The van der Waals surface area contributed by atoms with Gasteiger partial charge in [-0.05, 0) is 36.0 Å². The number of hydrogen-bond donors (Lipinski definition) is 1. The molecule has 1 N–H and O–H groups in total. The number of morpholine rings is 1. The smallest absolute Gasteiger partial charge is 0.322 e. The molecule has 0 saturated carbocycles. The first-order valence-corrected chi connectivity index (χ1v) is 10.5. The maximum absolute atomic E-state index is 13.1. The molecular formula is C22H35N3O3. The van der Waals surface area contributed by atoms with E-state index in [4.69, 9.17) is 9.47 Å². The molecule has 3 rings (SSSR count). The molecule has 0 radical (unpaired) electrons. The van der Waals surface area contributed by atoms with E-state index in [1.54, 1.807) is 0 Å². The molecule has 2 fully saturated rings. The third-order valence-corrected chi connectivity index (χ3v) is 5.66. The van der Waals surface area contributed by atoms with Gasteiger partial charge in [-0.1, -0.05) is 32.9 Å². The summed E-state index contributed by atoms with van der Waals surface area (Å²) in [4.78, 5) is 17.5. The zero-order valence-electron chi connectivity index (χ0n) is 17.6. The molecule has 1 aromatic carbocycles. The third kappa shape index (κ3) is 5.93. The highest BCUT2D eigenvalue weighted by Crippen LogP contribution is 2.24. The predicted octanol–water partition coefficient (Wildman–Crippen LogP) is 3.33. The van der Waals surface area contributed by atoms with Gasteiger partial charge in [-0.2, -0.15) is 0 Å². The van der Waals surface area contributed by atoms with Crippen LogP contribution in [0.1, 0.15) is 39.2 Å². The van der Waals surface area contributed by atoms with E-state index in [1.807, 2.05) is 17.0 Å². The molecule has 0 unspecified atom stereocenters. The van der Waals surface area contributed by atoms with Crippen LogP contribution in [0.4, 0.5) is 10.5 Å². The third-order valence-electron chi connectivity index (χ3n) is 5.66. The molecule has 2 saturated heterocycles. The largest absolute Gasteiger partial charge is 0.381 e. The van der Waals surface area contributed by atoms with E-state index in [0.29, 0.717) is 0 Å². The molecule has 28 heavy (non-hydrogen) atoms. The second-order valence-electron chi connectivity index (χ2n) is 8.75. The van der Waals surface area contributed by atoms with E-state index in [2.05, 4.69) is 43.1 Å². The molecule has 0 bridgehead atoms. The van der Waals surface area contributed by atoms with E-state index in [-0.39, 0.29) is 17.5 Å². The summed E-state index contributed by atoms with van der Waals surface area (Å²) in [6.45, 7) is 13.1. The Labute approximate surface area is 169 Å². The van der Waals surface area contributed by atoms with E-state index >= 15 is 0 Å². The summed E-state index contributed by atoms with van der Waals surface area (Å²) in [5.74, 6) is 0. The predicted molar refractivity (Wildman–Crippen MR) is 112 cm³/mol. The van der Waals surface area contributed by atoms with Crippen LogP contribution in [0.5, 0.6) is 0 Å². The molecule has 2 amide bonds. The summed E-state index contributed by atoms with van der Waals surface area (Å²) in [5.41, 5.74) is 2.22. The molecule has 2 heterocycles. The molecule has 6 heteroatoms. The Morgan fingerprint density at radius 1 is 1.07 bits per heavy atom. The Bertz CT molecular complexity index is 615. The summed E-state index contributed by atoms with van der Waals surface area (Å²) in [7, 11) is 0. The second-order valence-corrected chi connectivity index (χ2v) is 8.75. The first-order valence-electron chi connectivity index (χ1n) is 10.5. The normalized spacial score (nSPS) is 19.4. The van der Waals surface area contributed by atoms with E-state index in [9.17, 15) is 4.79 Å². The number of rotatable bonds is 5. The monoisotopic (exact) mass is 389 g/mol. The number of anilines is 1. The average molecular weight is 390 g/mol. The lowest BCUT2D eigenvalue weighted by molar-refractivity contribution is 0.0238. The molecule has 156 valence electrons. The van der Waals surface area contributed by atoms with Crippen LogP contribution in [0.2, 0.25) is 0 Å². The summed E-state index contributed by atoms with van der Waals surface area (Å²) in [5, 5.41) is 3.11. The minimum absolute atomic E-state index is 0.0105. The molecule has 0 aromatic heterocycles. The average Bonchev–Trinajstić information content (AvgIpc) is 2.69. The summed E-state index contributed by atoms with van der Waals surface area (Å²) in [6.07, 6.45) is 1.80. The molecule has 0 atom stereocenters. The van der Waals surface area contributed by atoms with Crippen LogP contribution in [0.15, 0.2) is 24.3 Å². The van der Waals surface area contributed by atoms with Crippen molar-refractivity contribution in [2.24, 2.45) is 0 Å². The van der Waals surface area contributed by atoms with Gasteiger partial charge < -0.3 is 19.7 Å². The van der Waals surface area contributed by atoms with Crippen LogP contribution in [0, 0.1) is 0 Å². The van der Waals surface area contributed by atoms with Crippen molar-refractivity contribution in [2.45, 2.75) is 45.1 Å². The van der Waals surface area contributed by atoms with Crippen molar-refractivity contribution < 1.29 is 14.3 Å². The Morgan fingerprint density at radius 3 is 2.29 bits per heavy atom. The lowest BCUT2D eigenvalue weighted by atomic mass is 9.87. The van der Waals surface area contributed by atoms with Gasteiger partial charge in [0, 0.05) is 51.1 Å². The lowest BCUT2D eigenvalue weighted by Crippen LogP contribution is -2.49. The van der Waals surface area contributed by atoms with E-state index in [1.165, 1.54) is 5.56 Å². The topological polar surface area (TPSA) is 54.0 Å². The van der Waals surface area contributed by atoms with Crippen LogP contribution < -0.4 is 5.32 Å². The van der Waals surface area contributed by atoms with Crippen LogP contribution in [-0.2, 0) is 14.9 Å².